The number of nitro benzene ring substituents is 1. The molecule has 1 aromatic heterocycles. The summed E-state index contributed by atoms with van der Waals surface area (Å²) in [5, 5.41) is 12.1. The summed E-state index contributed by atoms with van der Waals surface area (Å²) in [6, 6.07) is 9.42. The van der Waals surface area contributed by atoms with Crippen LogP contribution in [0.25, 0.3) is 10.2 Å². The molecule has 0 fully saturated rings. The van der Waals surface area contributed by atoms with Gasteiger partial charge in [-0.25, -0.2) is 4.98 Å². The first-order valence-corrected chi connectivity index (χ1v) is 9.84. The van der Waals surface area contributed by atoms with Crippen LogP contribution in [0.15, 0.2) is 36.4 Å². The normalized spacial score (nSPS) is 11.1. The number of anilines is 1. The van der Waals surface area contributed by atoms with Crippen molar-refractivity contribution in [3.8, 4) is 5.75 Å². The number of benzene rings is 2. The molecule has 0 bridgehead atoms. The van der Waals surface area contributed by atoms with Gasteiger partial charge in [0.25, 0.3) is 11.6 Å². The van der Waals surface area contributed by atoms with Gasteiger partial charge < -0.3 is 9.64 Å². The molecule has 2 aromatic carbocycles. The van der Waals surface area contributed by atoms with Crippen LogP contribution < -0.4 is 9.64 Å². The van der Waals surface area contributed by atoms with Gasteiger partial charge in [-0.05, 0) is 38.4 Å². The number of thiazole rings is 1. The molecule has 1 amide bonds. The molecular weight excluding hydrogens is 416 g/mol. The fourth-order valence-electron chi connectivity index (χ4n) is 2.71. The second-order valence-electron chi connectivity index (χ2n) is 6.51. The van der Waals surface area contributed by atoms with Gasteiger partial charge in [-0.3, -0.25) is 19.8 Å². The minimum Gasteiger partial charge on any atom is -0.497 e. The quantitative estimate of drug-likeness (QED) is 0.411. The SMILES string of the molecule is COc1ccc2sc(N(CCN(C)C)C(=O)c3cc(Cl)ccc3[N+](=O)[O-])nc2c1. The maximum Gasteiger partial charge on any atom is 0.282 e. The molecule has 3 aromatic rings. The van der Waals surface area contributed by atoms with Gasteiger partial charge in [0.2, 0.25) is 0 Å². The molecule has 1 heterocycles. The number of amides is 1. The second-order valence-corrected chi connectivity index (χ2v) is 7.95. The molecular formula is C19H19ClN4O4S. The van der Waals surface area contributed by atoms with Gasteiger partial charge in [-0.1, -0.05) is 22.9 Å². The monoisotopic (exact) mass is 434 g/mol. The highest BCUT2D eigenvalue weighted by atomic mass is 35.5. The lowest BCUT2D eigenvalue weighted by Gasteiger charge is -2.22. The smallest absolute Gasteiger partial charge is 0.282 e. The number of likely N-dealkylation sites (N-methyl/N-ethyl adjacent to an activating group) is 1. The molecule has 0 aliphatic rings. The lowest BCUT2D eigenvalue weighted by molar-refractivity contribution is -0.385. The van der Waals surface area contributed by atoms with Crippen LogP contribution >= 0.6 is 22.9 Å². The number of hydrogen-bond acceptors (Lipinski definition) is 7. The van der Waals surface area contributed by atoms with Crippen molar-refractivity contribution in [2.24, 2.45) is 0 Å². The average Bonchev–Trinajstić information content (AvgIpc) is 3.10. The highest BCUT2D eigenvalue weighted by Gasteiger charge is 2.28. The molecule has 0 saturated carbocycles. The van der Waals surface area contributed by atoms with Crippen LogP contribution in [-0.4, -0.2) is 55.0 Å². The van der Waals surface area contributed by atoms with Gasteiger partial charge >= 0.3 is 0 Å². The topological polar surface area (TPSA) is 88.8 Å². The van der Waals surface area contributed by atoms with Crippen molar-refractivity contribution in [2.75, 3.05) is 39.2 Å². The first-order chi connectivity index (χ1) is 13.8. The van der Waals surface area contributed by atoms with Crippen LogP contribution in [0.2, 0.25) is 5.02 Å². The Kier molecular flexibility index (Phi) is 6.31. The Balaban J connectivity index is 2.07. The van der Waals surface area contributed by atoms with Gasteiger partial charge in [0.15, 0.2) is 5.13 Å². The maximum absolute atomic E-state index is 13.3. The van der Waals surface area contributed by atoms with Crippen molar-refractivity contribution in [1.82, 2.24) is 9.88 Å². The third kappa shape index (κ3) is 4.64. The molecule has 152 valence electrons. The fourth-order valence-corrected chi connectivity index (χ4v) is 3.85. The molecule has 0 atom stereocenters. The Hall–Kier alpha value is -2.75. The van der Waals surface area contributed by atoms with Crippen LogP contribution in [-0.2, 0) is 0 Å². The Morgan fingerprint density at radius 2 is 2.00 bits per heavy atom. The molecule has 0 aliphatic heterocycles. The third-order valence-corrected chi connectivity index (χ3v) is 5.51. The summed E-state index contributed by atoms with van der Waals surface area (Å²) in [6.45, 7) is 0.867. The van der Waals surface area contributed by atoms with Gasteiger partial charge in [-0.15, -0.1) is 0 Å². The summed E-state index contributed by atoms with van der Waals surface area (Å²) in [6.07, 6.45) is 0. The van der Waals surface area contributed by atoms with E-state index < -0.39 is 10.8 Å². The maximum atomic E-state index is 13.3. The number of nitrogens with zero attached hydrogens (tertiary/aromatic N) is 4. The van der Waals surface area contributed by atoms with E-state index in [-0.39, 0.29) is 16.3 Å². The number of nitro groups is 1. The van der Waals surface area contributed by atoms with Gasteiger partial charge in [-0.2, -0.15) is 0 Å². The lowest BCUT2D eigenvalue weighted by Crippen LogP contribution is -2.37. The number of fused-ring (bicyclic) bond motifs is 1. The minimum atomic E-state index is -0.586. The van der Waals surface area contributed by atoms with E-state index in [2.05, 4.69) is 4.98 Å². The van der Waals surface area contributed by atoms with E-state index in [9.17, 15) is 14.9 Å². The summed E-state index contributed by atoms with van der Waals surface area (Å²) < 4.78 is 6.11. The highest BCUT2D eigenvalue weighted by molar-refractivity contribution is 7.22. The van der Waals surface area contributed by atoms with Crippen molar-refractivity contribution in [2.45, 2.75) is 0 Å². The Morgan fingerprint density at radius 3 is 2.66 bits per heavy atom. The summed E-state index contributed by atoms with van der Waals surface area (Å²) in [7, 11) is 5.33. The number of rotatable bonds is 7. The van der Waals surface area contributed by atoms with Gasteiger partial charge in [0.05, 0.1) is 22.2 Å². The molecule has 8 nitrogen and oxygen atoms in total. The number of carbonyl (C=O) groups excluding carboxylic acids is 1. The number of aromatic nitrogens is 1. The number of ether oxygens (including phenoxy) is 1. The molecule has 0 spiro atoms. The van der Waals surface area contributed by atoms with Crippen molar-refractivity contribution < 1.29 is 14.5 Å². The Bertz CT molecular complexity index is 1070. The number of methoxy groups -OCH3 is 1. The van der Waals surface area contributed by atoms with E-state index in [0.29, 0.717) is 29.5 Å². The van der Waals surface area contributed by atoms with Crippen molar-refractivity contribution in [3.05, 3.63) is 57.1 Å². The summed E-state index contributed by atoms with van der Waals surface area (Å²) in [5.41, 5.74) is 0.322. The summed E-state index contributed by atoms with van der Waals surface area (Å²) in [4.78, 5) is 32.1. The first-order valence-electron chi connectivity index (χ1n) is 8.65. The lowest BCUT2D eigenvalue weighted by atomic mass is 10.1. The summed E-state index contributed by atoms with van der Waals surface area (Å²) >= 11 is 7.35. The van der Waals surface area contributed by atoms with Crippen LogP contribution in [0.4, 0.5) is 10.8 Å². The van der Waals surface area contributed by atoms with E-state index in [4.69, 9.17) is 16.3 Å². The van der Waals surface area contributed by atoms with E-state index in [0.717, 1.165) is 4.70 Å². The zero-order valence-corrected chi connectivity index (χ0v) is 17.7. The second kappa shape index (κ2) is 8.73. The van der Waals surface area contributed by atoms with Gasteiger partial charge in [0, 0.05) is 30.2 Å². The largest absolute Gasteiger partial charge is 0.497 e. The molecule has 0 saturated heterocycles. The molecule has 0 N–H and O–H groups in total. The number of hydrogen-bond donors (Lipinski definition) is 0. The first kappa shape index (κ1) is 21.0. The van der Waals surface area contributed by atoms with Crippen LogP contribution in [0.5, 0.6) is 5.75 Å². The predicted octanol–water partition coefficient (Wildman–Crippen LogP) is 4.07. The predicted molar refractivity (Wildman–Crippen MR) is 115 cm³/mol. The van der Waals surface area contributed by atoms with Crippen molar-refractivity contribution >= 4 is 49.9 Å². The van der Waals surface area contributed by atoms with Crippen molar-refractivity contribution in [1.29, 1.82) is 0 Å². The molecule has 0 aliphatic carbocycles. The van der Waals surface area contributed by atoms with Crippen LogP contribution in [0.3, 0.4) is 0 Å². The standard InChI is InChI=1S/C19H19ClN4O4S/c1-22(2)8-9-23(18(25)14-10-12(20)4-6-16(14)24(26)27)19-21-15-11-13(28-3)5-7-17(15)29-19/h4-7,10-11H,8-9H2,1-3H3. The van der Waals surface area contributed by atoms with E-state index >= 15 is 0 Å². The van der Waals surface area contributed by atoms with E-state index in [1.165, 1.54) is 34.4 Å². The fraction of sp³-hybridized carbons (Fsp3) is 0.263. The molecule has 10 heteroatoms. The van der Waals surface area contributed by atoms with E-state index in [1.807, 2.05) is 31.1 Å². The average molecular weight is 435 g/mol. The minimum absolute atomic E-state index is 0.0712. The van der Waals surface area contributed by atoms with E-state index in [1.54, 1.807) is 13.2 Å². The van der Waals surface area contributed by atoms with Crippen LogP contribution in [0.1, 0.15) is 10.4 Å². The molecule has 29 heavy (non-hydrogen) atoms. The van der Waals surface area contributed by atoms with Crippen LogP contribution in [0, 0.1) is 10.1 Å². The third-order valence-electron chi connectivity index (χ3n) is 4.22. The molecule has 3 rings (SSSR count). The molecule has 0 radical (unpaired) electrons. The zero-order valence-electron chi connectivity index (χ0n) is 16.1. The number of carbonyl (C=O) groups is 1. The summed E-state index contributed by atoms with van der Waals surface area (Å²) in [5.74, 6) is 0.137. The molecule has 0 unspecified atom stereocenters. The van der Waals surface area contributed by atoms with Crippen molar-refractivity contribution in [3.63, 3.8) is 0 Å². The highest BCUT2D eigenvalue weighted by Crippen LogP contribution is 2.33. The van der Waals surface area contributed by atoms with Gasteiger partial charge in [0.1, 0.15) is 11.3 Å². The zero-order chi connectivity index (χ0) is 21.1. The Labute approximate surface area is 176 Å². The number of halogens is 1. The Morgan fingerprint density at radius 1 is 1.24 bits per heavy atom.